The lowest BCUT2D eigenvalue weighted by molar-refractivity contribution is -0.135. The molecule has 0 aromatic heterocycles. The Morgan fingerprint density at radius 1 is 1.59 bits per heavy atom. The number of carboxylic acids is 1. The topological polar surface area (TPSA) is 52.6 Å². The molecular formula is C12H15ClN2O2. The normalized spacial score (nSPS) is 14.8. The number of rotatable bonds is 2. The van der Waals surface area contributed by atoms with Gasteiger partial charge in [-0.05, 0) is 31.0 Å². The van der Waals surface area contributed by atoms with Crippen LogP contribution in [0.4, 0.5) is 11.4 Å². The number of aryl methyl sites for hydroxylation is 1. The highest BCUT2D eigenvalue weighted by Crippen LogP contribution is 2.36. The molecule has 1 aromatic carbocycles. The average molecular weight is 255 g/mol. The van der Waals surface area contributed by atoms with Crippen LogP contribution in [0.1, 0.15) is 12.0 Å². The van der Waals surface area contributed by atoms with Crippen LogP contribution in [-0.4, -0.2) is 30.7 Å². The Morgan fingerprint density at radius 3 is 3.06 bits per heavy atom. The molecule has 0 atom stereocenters. The highest BCUT2D eigenvalue weighted by Gasteiger charge is 2.20. The van der Waals surface area contributed by atoms with Gasteiger partial charge >= 0.3 is 5.97 Å². The van der Waals surface area contributed by atoms with Crippen LogP contribution < -0.4 is 10.2 Å². The molecule has 5 heteroatoms. The zero-order valence-corrected chi connectivity index (χ0v) is 10.4. The molecule has 0 aliphatic carbocycles. The Labute approximate surface area is 105 Å². The second kappa shape index (κ2) is 4.84. The van der Waals surface area contributed by atoms with Gasteiger partial charge in [-0.25, -0.2) is 0 Å². The fourth-order valence-corrected chi connectivity index (χ4v) is 2.51. The number of aliphatic carboxylic acids is 1. The van der Waals surface area contributed by atoms with E-state index in [1.165, 1.54) is 0 Å². The second-order valence-electron chi connectivity index (χ2n) is 4.24. The van der Waals surface area contributed by atoms with Crippen LogP contribution in [0.3, 0.4) is 0 Å². The van der Waals surface area contributed by atoms with Crippen molar-refractivity contribution < 1.29 is 9.90 Å². The predicted octanol–water partition coefficient (Wildman–Crippen LogP) is 2.36. The number of hydrogen-bond acceptors (Lipinski definition) is 3. The summed E-state index contributed by atoms with van der Waals surface area (Å²) in [6.07, 6.45) is 0.900. The van der Waals surface area contributed by atoms with Gasteiger partial charge in [0.1, 0.15) is 6.54 Å². The largest absolute Gasteiger partial charge is 0.480 e. The van der Waals surface area contributed by atoms with Crippen LogP contribution in [0.5, 0.6) is 0 Å². The second-order valence-corrected chi connectivity index (χ2v) is 4.65. The summed E-state index contributed by atoms with van der Waals surface area (Å²) in [5, 5.41) is 12.8. The average Bonchev–Trinajstić information content (AvgIpc) is 2.39. The maximum Gasteiger partial charge on any atom is 0.323 e. The minimum atomic E-state index is -0.838. The molecule has 1 heterocycles. The van der Waals surface area contributed by atoms with Crippen molar-refractivity contribution in [3.05, 3.63) is 22.7 Å². The summed E-state index contributed by atoms with van der Waals surface area (Å²) < 4.78 is 0. The summed E-state index contributed by atoms with van der Waals surface area (Å²) >= 11 is 6.22. The number of benzene rings is 1. The minimum absolute atomic E-state index is 0.0164. The smallest absolute Gasteiger partial charge is 0.323 e. The van der Waals surface area contributed by atoms with E-state index in [0.29, 0.717) is 11.6 Å². The van der Waals surface area contributed by atoms with E-state index in [9.17, 15) is 4.79 Å². The molecule has 0 bridgehead atoms. The molecule has 2 rings (SSSR count). The van der Waals surface area contributed by atoms with Crippen LogP contribution in [0.2, 0.25) is 5.02 Å². The molecule has 0 fully saturated rings. The number of halogens is 1. The first-order chi connectivity index (χ1) is 8.08. The van der Waals surface area contributed by atoms with Crippen LogP contribution >= 0.6 is 11.6 Å². The van der Waals surface area contributed by atoms with Crippen molar-refractivity contribution in [1.29, 1.82) is 0 Å². The monoisotopic (exact) mass is 254 g/mol. The molecule has 0 radical (unpaired) electrons. The third kappa shape index (κ3) is 2.64. The Kier molecular flexibility index (Phi) is 3.43. The Bertz CT molecular complexity index is 448. The van der Waals surface area contributed by atoms with Gasteiger partial charge in [-0.1, -0.05) is 11.6 Å². The van der Waals surface area contributed by atoms with E-state index in [1.807, 2.05) is 24.0 Å². The first-order valence-electron chi connectivity index (χ1n) is 5.58. The van der Waals surface area contributed by atoms with Crippen LogP contribution in [0.15, 0.2) is 12.1 Å². The van der Waals surface area contributed by atoms with Crippen molar-refractivity contribution in [2.75, 3.05) is 29.9 Å². The maximum atomic E-state index is 10.9. The predicted molar refractivity (Wildman–Crippen MR) is 69.1 cm³/mol. The molecule has 1 aliphatic rings. The molecule has 17 heavy (non-hydrogen) atoms. The quantitative estimate of drug-likeness (QED) is 0.851. The summed E-state index contributed by atoms with van der Waals surface area (Å²) in [4.78, 5) is 12.7. The molecular weight excluding hydrogens is 240 g/mol. The lowest BCUT2D eigenvalue weighted by Crippen LogP contribution is -2.30. The van der Waals surface area contributed by atoms with Gasteiger partial charge in [0, 0.05) is 13.1 Å². The van der Waals surface area contributed by atoms with Gasteiger partial charge in [0.05, 0.1) is 16.4 Å². The summed E-state index contributed by atoms with van der Waals surface area (Å²) in [6.45, 7) is 3.50. The fraction of sp³-hybridized carbons (Fsp3) is 0.417. The number of carbonyl (C=O) groups is 1. The van der Waals surface area contributed by atoms with Gasteiger partial charge in [0.25, 0.3) is 0 Å². The number of hydrogen-bond donors (Lipinski definition) is 2. The standard InChI is InChI=1S/C12H15ClN2O2/c1-8-5-9(13)12-10(6-8)14-3-2-4-15(12)7-11(16)17/h5-6,14H,2-4,7H2,1H3,(H,16,17). The summed E-state index contributed by atoms with van der Waals surface area (Å²) in [7, 11) is 0. The molecule has 0 amide bonds. The number of carboxylic acid groups (broad SMARTS) is 1. The van der Waals surface area contributed by atoms with E-state index in [1.54, 1.807) is 0 Å². The van der Waals surface area contributed by atoms with Crippen LogP contribution in [-0.2, 0) is 4.79 Å². The molecule has 0 spiro atoms. The van der Waals surface area contributed by atoms with Crippen LogP contribution in [0.25, 0.3) is 0 Å². The number of nitrogens with zero attached hydrogens (tertiary/aromatic N) is 1. The molecule has 0 saturated carbocycles. The first-order valence-corrected chi connectivity index (χ1v) is 5.96. The molecule has 2 N–H and O–H groups in total. The fourth-order valence-electron chi connectivity index (χ4n) is 2.12. The van der Waals surface area contributed by atoms with E-state index in [-0.39, 0.29) is 6.54 Å². The number of fused-ring (bicyclic) bond motifs is 1. The van der Waals surface area contributed by atoms with E-state index >= 15 is 0 Å². The lowest BCUT2D eigenvalue weighted by Gasteiger charge is -2.23. The molecule has 1 aromatic rings. The zero-order valence-electron chi connectivity index (χ0n) is 9.66. The summed E-state index contributed by atoms with van der Waals surface area (Å²) in [6, 6.07) is 3.86. The molecule has 1 aliphatic heterocycles. The van der Waals surface area contributed by atoms with Crippen molar-refractivity contribution in [2.45, 2.75) is 13.3 Å². The van der Waals surface area contributed by atoms with Crippen molar-refractivity contribution in [3.63, 3.8) is 0 Å². The molecule has 92 valence electrons. The van der Waals surface area contributed by atoms with Gasteiger partial charge in [-0.15, -0.1) is 0 Å². The molecule has 0 saturated heterocycles. The molecule has 4 nitrogen and oxygen atoms in total. The zero-order chi connectivity index (χ0) is 12.4. The van der Waals surface area contributed by atoms with Gasteiger partial charge in [0.15, 0.2) is 0 Å². The van der Waals surface area contributed by atoms with E-state index in [4.69, 9.17) is 16.7 Å². The summed E-state index contributed by atoms with van der Waals surface area (Å²) in [5.74, 6) is -0.838. The SMILES string of the molecule is Cc1cc(Cl)c2c(c1)NCCCN2CC(=O)O. The van der Waals surface area contributed by atoms with E-state index in [2.05, 4.69) is 5.32 Å². The maximum absolute atomic E-state index is 10.9. The lowest BCUT2D eigenvalue weighted by atomic mass is 10.1. The third-order valence-electron chi connectivity index (χ3n) is 2.77. The number of anilines is 2. The van der Waals surface area contributed by atoms with Gasteiger partial charge in [-0.3, -0.25) is 4.79 Å². The van der Waals surface area contributed by atoms with Gasteiger partial charge < -0.3 is 15.3 Å². The molecule has 0 unspecified atom stereocenters. The van der Waals surface area contributed by atoms with Crippen molar-refractivity contribution in [3.8, 4) is 0 Å². The minimum Gasteiger partial charge on any atom is -0.480 e. The first kappa shape index (κ1) is 12.0. The van der Waals surface area contributed by atoms with Crippen LogP contribution in [0, 0.1) is 6.92 Å². The van der Waals surface area contributed by atoms with Crippen molar-refractivity contribution >= 4 is 28.9 Å². The van der Waals surface area contributed by atoms with Gasteiger partial charge in [-0.2, -0.15) is 0 Å². The van der Waals surface area contributed by atoms with E-state index < -0.39 is 5.97 Å². The highest BCUT2D eigenvalue weighted by atomic mass is 35.5. The summed E-state index contributed by atoms with van der Waals surface area (Å²) in [5.41, 5.74) is 2.80. The Morgan fingerprint density at radius 2 is 2.35 bits per heavy atom. The Hall–Kier alpha value is -1.42. The highest BCUT2D eigenvalue weighted by molar-refractivity contribution is 6.34. The van der Waals surface area contributed by atoms with Crippen molar-refractivity contribution in [1.82, 2.24) is 0 Å². The number of nitrogens with one attached hydrogen (secondary N) is 1. The van der Waals surface area contributed by atoms with Gasteiger partial charge in [0.2, 0.25) is 0 Å². The Balaban J connectivity index is 2.43. The van der Waals surface area contributed by atoms with Crippen molar-refractivity contribution in [2.24, 2.45) is 0 Å². The van der Waals surface area contributed by atoms with E-state index in [0.717, 1.165) is 29.9 Å². The third-order valence-corrected chi connectivity index (χ3v) is 3.06.